The largest absolute Gasteiger partial charge is 0.322 e. The van der Waals surface area contributed by atoms with Crippen LogP contribution in [-0.2, 0) is 9.36 Å². The van der Waals surface area contributed by atoms with Crippen LogP contribution in [0.2, 0.25) is 0 Å². The number of benzene rings is 2. The quantitative estimate of drug-likeness (QED) is 0.641. The van der Waals surface area contributed by atoms with E-state index in [2.05, 4.69) is 52.5 Å². The van der Waals surface area contributed by atoms with Gasteiger partial charge in [0.05, 0.1) is 6.54 Å². The van der Waals surface area contributed by atoms with Crippen molar-refractivity contribution in [2.75, 3.05) is 6.54 Å². The van der Waals surface area contributed by atoms with Crippen LogP contribution < -0.4 is 10.8 Å². The Morgan fingerprint density at radius 1 is 0.935 bits per heavy atom. The van der Waals surface area contributed by atoms with E-state index in [0.717, 1.165) is 36.8 Å². The molecule has 1 saturated heterocycles. The summed E-state index contributed by atoms with van der Waals surface area (Å²) in [6.07, 6.45) is 4.17. The van der Waals surface area contributed by atoms with Crippen LogP contribution >= 0.6 is 7.59 Å². The van der Waals surface area contributed by atoms with E-state index in [-0.39, 0.29) is 36.6 Å². The van der Waals surface area contributed by atoms with Gasteiger partial charge in [-0.25, -0.2) is 9.34 Å². The van der Waals surface area contributed by atoms with Gasteiger partial charge in [0, 0.05) is 24.2 Å². The minimum atomic E-state index is -3.42. The molecular formula is C24H33N4O2P. The number of hydrogen-bond acceptors (Lipinski definition) is 3. The van der Waals surface area contributed by atoms with Crippen LogP contribution in [0.15, 0.2) is 60.7 Å². The van der Waals surface area contributed by atoms with E-state index in [4.69, 9.17) is 5.73 Å². The first kappa shape index (κ1) is 22.2. The van der Waals surface area contributed by atoms with Crippen LogP contribution in [0, 0.1) is 0 Å². The maximum Gasteiger partial charge on any atom is 0.312 e. The summed E-state index contributed by atoms with van der Waals surface area (Å²) in [5, 5.41) is 2.91. The van der Waals surface area contributed by atoms with Crippen molar-refractivity contribution < 1.29 is 9.36 Å². The second-order valence-corrected chi connectivity index (χ2v) is 10.9. The second kappa shape index (κ2) is 9.25. The van der Waals surface area contributed by atoms with Crippen LogP contribution in [-0.4, -0.2) is 33.9 Å². The number of rotatable bonds is 6. The summed E-state index contributed by atoms with van der Waals surface area (Å²) < 4.78 is 19.1. The van der Waals surface area contributed by atoms with Crippen molar-refractivity contribution >= 4 is 13.5 Å². The zero-order valence-electron chi connectivity index (χ0n) is 18.4. The van der Waals surface area contributed by atoms with E-state index in [1.54, 1.807) is 0 Å². The Kier molecular flexibility index (Phi) is 6.63. The van der Waals surface area contributed by atoms with Gasteiger partial charge in [-0.2, -0.15) is 0 Å². The fourth-order valence-corrected chi connectivity index (χ4v) is 8.80. The van der Waals surface area contributed by atoms with Gasteiger partial charge in [0.2, 0.25) is 5.91 Å². The molecule has 2 aliphatic rings. The third-order valence-electron chi connectivity index (χ3n) is 6.81. The predicted molar refractivity (Wildman–Crippen MR) is 124 cm³/mol. The van der Waals surface area contributed by atoms with E-state index < -0.39 is 7.59 Å². The molecule has 0 spiro atoms. The van der Waals surface area contributed by atoms with E-state index in [1.807, 2.05) is 36.4 Å². The van der Waals surface area contributed by atoms with Crippen LogP contribution in [0.3, 0.4) is 0 Å². The summed E-state index contributed by atoms with van der Waals surface area (Å²) in [5.41, 5.74) is 7.85. The van der Waals surface area contributed by atoms with E-state index in [9.17, 15) is 9.36 Å². The normalized spacial score (nSPS) is 25.5. The molecule has 2 aromatic carbocycles. The van der Waals surface area contributed by atoms with Gasteiger partial charge in [0.1, 0.15) is 0 Å². The number of nitrogens with zero attached hydrogens (tertiary/aromatic N) is 2. The standard InChI is InChI=1S/C24H33N4O2P/c1-18(20-11-5-3-6-12-20)27-22-15-9-10-16-23(22)28(31(27,30)26-24(29)17-25)19(2)21-13-7-4-8-14-21/h3-8,11-14,18-19,22-23H,9-10,15-17,25H2,1-2H3,(H,26,29,30)/t18-,19-,22-,23-/m1/s1. The fourth-order valence-electron chi connectivity index (χ4n) is 5.37. The Labute approximate surface area is 185 Å². The first-order valence-electron chi connectivity index (χ1n) is 11.3. The van der Waals surface area contributed by atoms with Crippen LogP contribution in [0.5, 0.6) is 0 Å². The van der Waals surface area contributed by atoms with E-state index in [0.29, 0.717) is 0 Å². The molecule has 6 nitrogen and oxygen atoms in total. The van der Waals surface area contributed by atoms with Gasteiger partial charge in [-0.3, -0.25) is 14.4 Å². The molecule has 2 fully saturated rings. The van der Waals surface area contributed by atoms with Crippen molar-refractivity contribution in [2.45, 2.75) is 63.7 Å². The SMILES string of the molecule is C[C@H](c1ccccc1)N1[C@@H]2CCCC[C@H]2N([C@H](C)c2ccccc2)P1(=O)NC(=O)CN. The highest BCUT2D eigenvalue weighted by Crippen LogP contribution is 2.66. The number of hydrogen-bond donors (Lipinski definition) is 2. The summed E-state index contributed by atoms with van der Waals surface area (Å²) in [6.45, 7) is 4.01. The third-order valence-corrected chi connectivity index (χ3v) is 9.89. The van der Waals surface area contributed by atoms with Crippen molar-refractivity contribution in [3.63, 3.8) is 0 Å². The van der Waals surface area contributed by atoms with E-state index >= 15 is 0 Å². The Morgan fingerprint density at radius 3 is 1.74 bits per heavy atom. The van der Waals surface area contributed by atoms with Crippen LogP contribution in [0.4, 0.5) is 0 Å². The molecule has 4 rings (SSSR count). The Balaban J connectivity index is 1.82. The molecule has 4 atom stereocenters. The average molecular weight is 441 g/mol. The molecule has 0 radical (unpaired) electrons. The van der Waals surface area contributed by atoms with Crippen molar-refractivity contribution in [1.29, 1.82) is 0 Å². The topological polar surface area (TPSA) is 78.7 Å². The molecule has 2 aromatic rings. The minimum Gasteiger partial charge on any atom is -0.322 e. The lowest BCUT2D eigenvalue weighted by Crippen LogP contribution is -2.41. The molecule has 1 aliphatic heterocycles. The molecule has 0 aromatic heterocycles. The van der Waals surface area contributed by atoms with Crippen LogP contribution in [0.25, 0.3) is 0 Å². The lowest BCUT2D eigenvalue weighted by molar-refractivity contribution is -0.118. The van der Waals surface area contributed by atoms with Crippen LogP contribution in [0.1, 0.15) is 62.7 Å². The van der Waals surface area contributed by atoms with Gasteiger partial charge in [0.15, 0.2) is 0 Å². The molecule has 0 unspecified atom stereocenters. The molecule has 1 amide bonds. The molecule has 7 heteroatoms. The highest BCUT2D eigenvalue weighted by atomic mass is 31.2. The Bertz CT molecular complexity index is 874. The first-order chi connectivity index (χ1) is 15.0. The number of amides is 1. The fraction of sp³-hybridized carbons (Fsp3) is 0.458. The Hall–Kier alpha value is -1.98. The number of fused-ring (bicyclic) bond motifs is 1. The molecule has 166 valence electrons. The highest BCUT2D eigenvalue weighted by molar-refractivity contribution is 7.58. The second-order valence-electron chi connectivity index (χ2n) is 8.64. The number of carbonyl (C=O) groups is 1. The lowest BCUT2D eigenvalue weighted by Gasteiger charge is -2.38. The smallest absolute Gasteiger partial charge is 0.312 e. The molecule has 1 saturated carbocycles. The van der Waals surface area contributed by atoms with E-state index in [1.165, 1.54) is 0 Å². The van der Waals surface area contributed by atoms with Gasteiger partial charge in [-0.05, 0) is 37.8 Å². The van der Waals surface area contributed by atoms with Crippen molar-refractivity contribution in [3.05, 3.63) is 71.8 Å². The molecule has 31 heavy (non-hydrogen) atoms. The summed E-state index contributed by atoms with van der Waals surface area (Å²) in [7, 11) is -3.42. The molecule has 3 N–H and O–H groups in total. The van der Waals surface area contributed by atoms with Crippen molar-refractivity contribution in [3.8, 4) is 0 Å². The van der Waals surface area contributed by atoms with Gasteiger partial charge < -0.3 is 5.73 Å². The predicted octanol–water partition coefficient (Wildman–Crippen LogP) is 4.62. The lowest BCUT2D eigenvalue weighted by atomic mass is 9.88. The maximum atomic E-state index is 14.9. The minimum absolute atomic E-state index is 0.0938. The number of nitrogens with two attached hydrogens (primary N) is 1. The number of nitrogens with one attached hydrogen (secondary N) is 1. The van der Waals surface area contributed by atoms with Gasteiger partial charge in [-0.1, -0.05) is 73.5 Å². The zero-order valence-corrected chi connectivity index (χ0v) is 19.2. The highest BCUT2D eigenvalue weighted by Gasteiger charge is 2.59. The van der Waals surface area contributed by atoms with Crippen molar-refractivity contribution in [2.24, 2.45) is 5.73 Å². The van der Waals surface area contributed by atoms with Gasteiger partial charge in [0.25, 0.3) is 0 Å². The first-order valence-corrected chi connectivity index (χ1v) is 12.9. The monoisotopic (exact) mass is 440 g/mol. The average Bonchev–Trinajstić information content (AvgIpc) is 3.06. The third kappa shape index (κ3) is 4.10. The summed E-state index contributed by atoms with van der Waals surface area (Å²) in [6, 6.07) is 20.4. The summed E-state index contributed by atoms with van der Waals surface area (Å²) >= 11 is 0. The Morgan fingerprint density at radius 2 is 1.35 bits per heavy atom. The van der Waals surface area contributed by atoms with Crippen molar-refractivity contribution in [1.82, 2.24) is 14.4 Å². The number of carbonyl (C=O) groups excluding carboxylic acids is 1. The summed E-state index contributed by atoms with van der Waals surface area (Å²) in [5.74, 6) is -0.377. The van der Waals surface area contributed by atoms with Gasteiger partial charge >= 0.3 is 7.59 Å². The molecule has 1 heterocycles. The maximum absolute atomic E-state index is 14.9. The molecule has 0 bridgehead atoms. The molecule has 1 aliphatic carbocycles. The zero-order chi connectivity index (χ0) is 22.0. The molecular weight excluding hydrogens is 407 g/mol. The van der Waals surface area contributed by atoms with Gasteiger partial charge in [-0.15, -0.1) is 0 Å². The summed E-state index contributed by atoms with van der Waals surface area (Å²) in [4.78, 5) is 12.5.